The van der Waals surface area contributed by atoms with Crippen LogP contribution in [0.25, 0.3) is 11.3 Å². The van der Waals surface area contributed by atoms with Crippen LogP contribution in [-0.4, -0.2) is 16.9 Å². The number of aromatic nitrogens is 2. The van der Waals surface area contributed by atoms with E-state index < -0.39 is 0 Å². The molecule has 0 saturated carbocycles. The standard InChI is InChI=1S/C13H16ClN3O/c1-8-12(7-15)16-17(2)13(8)10-5-4-9(18-3)6-11(10)14/h4-6H,7,15H2,1-3H3. The predicted molar refractivity (Wildman–Crippen MR) is 72.8 cm³/mol. The summed E-state index contributed by atoms with van der Waals surface area (Å²) in [6.45, 7) is 2.43. The van der Waals surface area contributed by atoms with Crippen LogP contribution in [0.5, 0.6) is 5.75 Å². The topological polar surface area (TPSA) is 53.1 Å². The molecule has 0 bridgehead atoms. The Labute approximate surface area is 111 Å². The van der Waals surface area contributed by atoms with Gasteiger partial charge in [-0.2, -0.15) is 5.10 Å². The van der Waals surface area contributed by atoms with Gasteiger partial charge >= 0.3 is 0 Å². The molecule has 1 aromatic heterocycles. The summed E-state index contributed by atoms with van der Waals surface area (Å²) in [5.74, 6) is 0.739. The number of rotatable bonds is 3. The Morgan fingerprint density at radius 2 is 2.17 bits per heavy atom. The molecule has 1 aromatic carbocycles. The fourth-order valence-corrected chi connectivity index (χ4v) is 2.33. The normalized spacial score (nSPS) is 10.7. The monoisotopic (exact) mass is 265 g/mol. The molecule has 5 heteroatoms. The summed E-state index contributed by atoms with van der Waals surface area (Å²) < 4.78 is 6.96. The van der Waals surface area contributed by atoms with Gasteiger partial charge in [0.05, 0.1) is 23.5 Å². The number of ether oxygens (including phenoxy) is 1. The van der Waals surface area contributed by atoms with Crippen LogP contribution in [-0.2, 0) is 13.6 Å². The average Bonchev–Trinajstić information content (AvgIpc) is 2.64. The zero-order valence-corrected chi connectivity index (χ0v) is 11.5. The van der Waals surface area contributed by atoms with Crippen molar-refractivity contribution in [2.24, 2.45) is 12.8 Å². The van der Waals surface area contributed by atoms with Gasteiger partial charge in [0, 0.05) is 19.2 Å². The average molecular weight is 266 g/mol. The van der Waals surface area contributed by atoms with Gasteiger partial charge in [-0.25, -0.2) is 0 Å². The third-order valence-corrected chi connectivity index (χ3v) is 3.32. The first-order valence-electron chi connectivity index (χ1n) is 5.65. The zero-order valence-electron chi connectivity index (χ0n) is 10.7. The molecular weight excluding hydrogens is 250 g/mol. The SMILES string of the molecule is COc1ccc(-c2c(C)c(CN)nn2C)c(Cl)c1. The third kappa shape index (κ3) is 2.09. The molecule has 18 heavy (non-hydrogen) atoms. The smallest absolute Gasteiger partial charge is 0.120 e. The van der Waals surface area contributed by atoms with Crippen LogP contribution >= 0.6 is 11.6 Å². The Bertz CT molecular complexity index is 578. The molecule has 2 aromatic rings. The zero-order chi connectivity index (χ0) is 13.3. The predicted octanol–water partition coefficient (Wildman–Crippen LogP) is 2.52. The summed E-state index contributed by atoms with van der Waals surface area (Å²) in [6, 6.07) is 5.62. The number of hydrogen-bond acceptors (Lipinski definition) is 3. The Kier molecular flexibility index (Phi) is 3.59. The highest BCUT2D eigenvalue weighted by atomic mass is 35.5. The van der Waals surface area contributed by atoms with Crippen molar-refractivity contribution in [2.75, 3.05) is 7.11 Å². The lowest BCUT2D eigenvalue weighted by Gasteiger charge is -2.08. The van der Waals surface area contributed by atoms with Crippen molar-refractivity contribution in [3.05, 3.63) is 34.5 Å². The summed E-state index contributed by atoms with van der Waals surface area (Å²) in [7, 11) is 3.51. The third-order valence-electron chi connectivity index (χ3n) is 3.01. The van der Waals surface area contributed by atoms with Crippen molar-refractivity contribution in [1.29, 1.82) is 0 Å². The van der Waals surface area contributed by atoms with Crippen molar-refractivity contribution >= 4 is 11.6 Å². The van der Waals surface area contributed by atoms with Gasteiger partial charge in [-0.05, 0) is 30.7 Å². The molecule has 2 rings (SSSR count). The van der Waals surface area contributed by atoms with E-state index in [1.165, 1.54) is 0 Å². The first kappa shape index (κ1) is 12.9. The van der Waals surface area contributed by atoms with Crippen LogP contribution in [0.15, 0.2) is 18.2 Å². The molecule has 0 unspecified atom stereocenters. The second kappa shape index (κ2) is 5.00. The second-order valence-corrected chi connectivity index (χ2v) is 4.50. The van der Waals surface area contributed by atoms with Crippen LogP contribution < -0.4 is 10.5 Å². The molecule has 0 spiro atoms. The molecule has 0 atom stereocenters. The minimum Gasteiger partial charge on any atom is -0.497 e. The van der Waals surface area contributed by atoms with E-state index in [1.54, 1.807) is 13.2 Å². The molecule has 96 valence electrons. The van der Waals surface area contributed by atoms with Crippen molar-refractivity contribution in [1.82, 2.24) is 9.78 Å². The summed E-state index contributed by atoms with van der Waals surface area (Å²) >= 11 is 6.29. The number of halogens is 1. The van der Waals surface area contributed by atoms with Gasteiger partial charge < -0.3 is 10.5 Å². The largest absolute Gasteiger partial charge is 0.497 e. The Morgan fingerprint density at radius 1 is 1.44 bits per heavy atom. The summed E-state index contributed by atoms with van der Waals surface area (Å²) in [5.41, 5.74) is 9.54. The lowest BCUT2D eigenvalue weighted by Crippen LogP contribution is -1.99. The lowest BCUT2D eigenvalue weighted by atomic mass is 10.1. The summed E-state index contributed by atoms with van der Waals surface area (Å²) in [6.07, 6.45) is 0. The van der Waals surface area contributed by atoms with E-state index in [4.69, 9.17) is 22.1 Å². The van der Waals surface area contributed by atoms with E-state index in [9.17, 15) is 0 Å². The van der Waals surface area contributed by atoms with E-state index >= 15 is 0 Å². The minimum atomic E-state index is 0.424. The van der Waals surface area contributed by atoms with E-state index in [2.05, 4.69) is 5.10 Å². The first-order chi connectivity index (χ1) is 8.58. The molecule has 0 saturated heterocycles. The van der Waals surface area contributed by atoms with Gasteiger partial charge in [-0.15, -0.1) is 0 Å². The van der Waals surface area contributed by atoms with Crippen LogP contribution in [0.3, 0.4) is 0 Å². The molecule has 1 heterocycles. The van der Waals surface area contributed by atoms with Gasteiger partial charge in [0.1, 0.15) is 5.75 Å². The molecular formula is C13H16ClN3O. The molecule has 0 amide bonds. The molecule has 4 nitrogen and oxygen atoms in total. The maximum absolute atomic E-state index is 6.29. The van der Waals surface area contributed by atoms with E-state index in [1.807, 2.05) is 30.8 Å². The van der Waals surface area contributed by atoms with Crippen LogP contribution in [0, 0.1) is 6.92 Å². The molecule has 0 fully saturated rings. The van der Waals surface area contributed by atoms with Crippen molar-refractivity contribution in [2.45, 2.75) is 13.5 Å². The van der Waals surface area contributed by atoms with Gasteiger partial charge in [0.15, 0.2) is 0 Å². The minimum absolute atomic E-state index is 0.424. The molecule has 0 aliphatic rings. The van der Waals surface area contributed by atoms with Crippen LogP contribution in [0.4, 0.5) is 0 Å². The van der Waals surface area contributed by atoms with Crippen molar-refractivity contribution in [3.63, 3.8) is 0 Å². The fourth-order valence-electron chi connectivity index (χ4n) is 2.07. The summed E-state index contributed by atoms with van der Waals surface area (Å²) in [4.78, 5) is 0. The number of hydrogen-bond donors (Lipinski definition) is 1. The van der Waals surface area contributed by atoms with Crippen LogP contribution in [0.1, 0.15) is 11.3 Å². The second-order valence-electron chi connectivity index (χ2n) is 4.09. The molecule has 0 aliphatic carbocycles. The maximum atomic E-state index is 6.29. The summed E-state index contributed by atoms with van der Waals surface area (Å²) in [5, 5.41) is 5.03. The molecule has 2 N–H and O–H groups in total. The number of nitrogens with zero attached hydrogens (tertiary/aromatic N) is 2. The number of aryl methyl sites for hydroxylation is 1. The number of nitrogens with two attached hydrogens (primary N) is 1. The quantitative estimate of drug-likeness (QED) is 0.928. The Hall–Kier alpha value is -1.52. The van der Waals surface area contributed by atoms with E-state index in [-0.39, 0.29) is 0 Å². The van der Waals surface area contributed by atoms with E-state index in [0.29, 0.717) is 11.6 Å². The van der Waals surface area contributed by atoms with Gasteiger partial charge in [-0.3, -0.25) is 4.68 Å². The van der Waals surface area contributed by atoms with Crippen molar-refractivity contribution < 1.29 is 4.74 Å². The van der Waals surface area contributed by atoms with Crippen molar-refractivity contribution in [3.8, 4) is 17.0 Å². The first-order valence-corrected chi connectivity index (χ1v) is 6.02. The lowest BCUT2D eigenvalue weighted by molar-refractivity contribution is 0.415. The Balaban J connectivity index is 2.58. The van der Waals surface area contributed by atoms with Gasteiger partial charge in [0.25, 0.3) is 0 Å². The van der Waals surface area contributed by atoms with Gasteiger partial charge in [-0.1, -0.05) is 11.6 Å². The highest BCUT2D eigenvalue weighted by Crippen LogP contribution is 2.33. The highest BCUT2D eigenvalue weighted by Gasteiger charge is 2.15. The van der Waals surface area contributed by atoms with Crippen LogP contribution in [0.2, 0.25) is 5.02 Å². The fraction of sp³-hybridized carbons (Fsp3) is 0.308. The van der Waals surface area contributed by atoms with Gasteiger partial charge in [0.2, 0.25) is 0 Å². The molecule has 0 aliphatic heterocycles. The molecule has 0 radical (unpaired) electrons. The number of benzene rings is 1. The van der Waals surface area contributed by atoms with E-state index in [0.717, 1.165) is 28.3 Å². The highest BCUT2D eigenvalue weighted by molar-refractivity contribution is 6.33. The maximum Gasteiger partial charge on any atom is 0.120 e. The number of methoxy groups -OCH3 is 1. The Morgan fingerprint density at radius 3 is 2.67 bits per heavy atom.